The fraction of sp³-hybridized carbons (Fsp3) is 0.562. The van der Waals surface area contributed by atoms with E-state index in [0.717, 1.165) is 31.7 Å². The third-order valence-corrected chi connectivity index (χ3v) is 3.94. The van der Waals surface area contributed by atoms with E-state index in [9.17, 15) is 9.18 Å². The lowest BCUT2D eigenvalue weighted by Gasteiger charge is -2.37. The lowest BCUT2D eigenvalue weighted by molar-refractivity contribution is -0.133. The number of hydrogen-bond acceptors (Lipinski definition) is 2. The van der Waals surface area contributed by atoms with Crippen molar-refractivity contribution < 1.29 is 9.18 Å². The van der Waals surface area contributed by atoms with Crippen molar-refractivity contribution in [2.45, 2.75) is 32.7 Å². The van der Waals surface area contributed by atoms with E-state index < -0.39 is 0 Å². The second-order valence-corrected chi connectivity index (χ2v) is 5.64. The van der Waals surface area contributed by atoms with Crippen molar-refractivity contribution in [2.75, 3.05) is 26.2 Å². The minimum Gasteiger partial charge on any atom is -0.340 e. The standard InChI is InChI=1S/C16H23FN2O/c1-13(2)18-9-11-19(12-10-18)16(20)8-5-14-3-6-15(17)7-4-14/h3-4,6-7,13H,5,8-12H2,1-2H3. The van der Waals surface area contributed by atoms with Gasteiger partial charge in [-0.1, -0.05) is 12.1 Å². The number of amides is 1. The van der Waals surface area contributed by atoms with Crippen molar-refractivity contribution in [2.24, 2.45) is 0 Å². The summed E-state index contributed by atoms with van der Waals surface area (Å²) in [6.07, 6.45) is 1.19. The maximum atomic E-state index is 12.8. The number of nitrogens with zero attached hydrogens (tertiary/aromatic N) is 2. The number of aryl methyl sites for hydroxylation is 1. The average molecular weight is 278 g/mol. The first kappa shape index (κ1) is 15.0. The van der Waals surface area contributed by atoms with Crippen molar-refractivity contribution in [3.63, 3.8) is 0 Å². The van der Waals surface area contributed by atoms with Crippen LogP contribution in [-0.4, -0.2) is 47.9 Å². The Labute approximate surface area is 120 Å². The van der Waals surface area contributed by atoms with Gasteiger partial charge in [0.05, 0.1) is 0 Å². The molecule has 1 aromatic rings. The Kier molecular flexibility index (Phi) is 5.12. The number of halogens is 1. The summed E-state index contributed by atoms with van der Waals surface area (Å²) < 4.78 is 12.8. The maximum absolute atomic E-state index is 12.8. The summed E-state index contributed by atoms with van der Waals surface area (Å²) in [5.41, 5.74) is 1.01. The topological polar surface area (TPSA) is 23.6 Å². The quantitative estimate of drug-likeness (QED) is 0.844. The van der Waals surface area contributed by atoms with Gasteiger partial charge in [0.1, 0.15) is 5.82 Å². The summed E-state index contributed by atoms with van der Waals surface area (Å²) in [5.74, 6) is -0.0254. The molecule has 1 saturated heterocycles. The van der Waals surface area contributed by atoms with Crippen molar-refractivity contribution >= 4 is 5.91 Å². The van der Waals surface area contributed by atoms with Gasteiger partial charge < -0.3 is 4.90 Å². The highest BCUT2D eigenvalue weighted by Gasteiger charge is 2.21. The fourth-order valence-electron chi connectivity index (χ4n) is 2.55. The van der Waals surface area contributed by atoms with Crippen LogP contribution in [0.15, 0.2) is 24.3 Å². The van der Waals surface area contributed by atoms with Gasteiger partial charge in [0, 0.05) is 38.6 Å². The number of carbonyl (C=O) groups excluding carboxylic acids is 1. The monoisotopic (exact) mass is 278 g/mol. The van der Waals surface area contributed by atoms with Crippen LogP contribution in [0.25, 0.3) is 0 Å². The molecule has 3 nitrogen and oxygen atoms in total. The molecule has 0 N–H and O–H groups in total. The molecule has 1 aliphatic heterocycles. The summed E-state index contributed by atoms with van der Waals surface area (Å²) >= 11 is 0. The minimum atomic E-state index is -0.232. The molecule has 0 radical (unpaired) electrons. The van der Waals surface area contributed by atoms with Gasteiger partial charge in [-0.3, -0.25) is 9.69 Å². The normalized spacial score (nSPS) is 16.7. The molecule has 1 aliphatic rings. The SMILES string of the molecule is CC(C)N1CCN(C(=O)CCc2ccc(F)cc2)CC1. The fourth-order valence-corrected chi connectivity index (χ4v) is 2.55. The first-order chi connectivity index (χ1) is 9.56. The molecule has 4 heteroatoms. The molecule has 0 aromatic heterocycles. The van der Waals surface area contributed by atoms with Crippen molar-refractivity contribution in [3.8, 4) is 0 Å². The highest BCUT2D eigenvalue weighted by atomic mass is 19.1. The predicted octanol–water partition coefficient (Wildman–Crippen LogP) is 2.31. The lowest BCUT2D eigenvalue weighted by atomic mass is 10.1. The van der Waals surface area contributed by atoms with Crippen LogP contribution in [0.4, 0.5) is 4.39 Å². The van der Waals surface area contributed by atoms with Gasteiger partial charge in [0.25, 0.3) is 0 Å². The van der Waals surface area contributed by atoms with E-state index in [0.29, 0.717) is 18.9 Å². The summed E-state index contributed by atoms with van der Waals surface area (Å²) in [4.78, 5) is 16.5. The van der Waals surface area contributed by atoms with Gasteiger partial charge in [-0.05, 0) is 38.0 Å². The summed E-state index contributed by atoms with van der Waals surface area (Å²) in [6, 6.07) is 6.94. The zero-order valence-corrected chi connectivity index (χ0v) is 12.3. The number of rotatable bonds is 4. The first-order valence-corrected chi connectivity index (χ1v) is 7.32. The molecule has 0 bridgehead atoms. The van der Waals surface area contributed by atoms with E-state index in [4.69, 9.17) is 0 Å². The zero-order valence-electron chi connectivity index (χ0n) is 12.3. The molecule has 0 spiro atoms. The Hall–Kier alpha value is -1.42. The average Bonchev–Trinajstić information content (AvgIpc) is 2.46. The van der Waals surface area contributed by atoms with Gasteiger partial charge in [0.15, 0.2) is 0 Å². The van der Waals surface area contributed by atoms with Crippen molar-refractivity contribution in [1.29, 1.82) is 0 Å². The second kappa shape index (κ2) is 6.84. The third kappa shape index (κ3) is 4.04. The minimum absolute atomic E-state index is 0.206. The van der Waals surface area contributed by atoms with E-state index in [1.165, 1.54) is 12.1 Å². The van der Waals surface area contributed by atoms with Crippen molar-refractivity contribution in [1.82, 2.24) is 9.80 Å². The van der Waals surface area contributed by atoms with Gasteiger partial charge >= 0.3 is 0 Å². The highest BCUT2D eigenvalue weighted by Crippen LogP contribution is 2.10. The Morgan fingerprint density at radius 1 is 1.15 bits per heavy atom. The number of benzene rings is 1. The third-order valence-electron chi connectivity index (χ3n) is 3.94. The number of hydrogen-bond donors (Lipinski definition) is 0. The van der Waals surface area contributed by atoms with Crippen LogP contribution in [0.1, 0.15) is 25.8 Å². The van der Waals surface area contributed by atoms with Crippen molar-refractivity contribution in [3.05, 3.63) is 35.6 Å². The van der Waals surface area contributed by atoms with Gasteiger partial charge in [-0.15, -0.1) is 0 Å². The molecule has 1 aromatic carbocycles. The molecule has 0 aliphatic carbocycles. The summed E-state index contributed by atoms with van der Waals surface area (Å²) in [6.45, 7) is 7.93. The van der Waals surface area contributed by atoms with Crippen LogP contribution in [0.2, 0.25) is 0 Å². The molecule has 20 heavy (non-hydrogen) atoms. The Bertz CT molecular complexity index is 436. The Morgan fingerprint density at radius 3 is 2.30 bits per heavy atom. The van der Waals surface area contributed by atoms with E-state index in [-0.39, 0.29) is 11.7 Å². The van der Waals surface area contributed by atoms with Crippen LogP contribution in [0.3, 0.4) is 0 Å². The molecule has 1 amide bonds. The molecular weight excluding hydrogens is 255 g/mol. The first-order valence-electron chi connectivity index (χ1n) is 7.32. The van der Waals surface area contributed by atoms with Crippen LogP contribution < -0.4 is 0 Å². The number of piperazine rings is 1. The molecule has 0 unspecified atom stereocenters. The molecule has 110 valence electrons. The van der Waals surface area contributed by atoms with E-state index >= 15 is 0 Å². The second-order valence-electron chi connectivity index (χ2n) is 5.64. The van der Waals surface area contributed by atoms with Gasteiger partial charge in [0.2, 0.25) is 5.91 Å². The summed E-state index contributed by atoms with van der Waals surface area (Å²) in [5, 5.41) is 0. The van der Waals surface area contributed by atoms with Gasteiger partial charge in [-0.2, -0.15) is 0 Å². The smallest absolute Gasteiger partial charge is 0.222 e. The van der Waals surface area contributed by atoms with E-state index in [1.807, 2.05) is 4.90 Å². The zero-order chi connectivity index (χ0) is 14.5. The summed E-state index contributed by atoms with van der Waals surface area (Å²) in [7, 11) is 0. The Morgan fingerprint density at radius 2 is 1.75 bits per heavy atom. The Balaban J connectivity index is 1.77. The molecule has 0 saturated carbocycles. The van der Waals surface area contributed by atoms with E-state index in [1.54, 1.807) is 12.1 Å². The number of carbonyl (C=O) groups is 1. The molecule has 1 heterocycles. The van der Waals surface area contributed by atoms with Crippen LogP contribution >= 0.6 is 0 Å². The van der Waals surface area contributed by atoms with Gasteiger partial charge in [-0.25, -0.2) is 4.39 Å². The van der Waals surface area contributed by atoms with Crippen LogP contribution in [-0.2, 0) is 11.2 Å². The molecule has 2 rings (SSSR count). The largest absolute Gasteiger partial charge is 0.340 e. The maximum Gasteiger partial charge on any atom is 0.222 e. The van der Waals surface area contributed by atoms with Crippen LogP contribution in [0.5, 0.6) is 0 Å². The molecule has 1 fully saturated rings. The predicted molar refractivity (Wildman–Crippen MR) is 78.0 cm³/mol. The molecular formula is C16H23FN2O. The molecule has 0 atom stereocenters. The van der Waals surface area contributed by atoms with Crippen LogP contribution in [0, 0.1) is 5.82 Å². The highest BCUT2D eigenvalue weighted by molar-refractivity contribution is 5.76. The van der Waals surface area contributed by atoms with E-state index in [2.05, 4.69) is 18.7 Å². The lowest BCUT2D eigenvalue weighted by Crippen LogP contribution is -2.50.